The number of hydrogen-bond donors (Lipinski definition) is 1. The molecule has 2 rings (SSSR count). The first-order valence-corrected chi connectivity index (χ1v) is 5.97. The maximum Gasteiger partial charge on any atom is 0.280 e. The maximum atomic E-state index is 11.6. The van der Waals surface area contributed by atoms with Gasteiger partial charge in [0.15, 0.2) is 4.32 Å². The van der Waals surface area contributed by atoms with Gasteiger partial charge in [0.2, 0.25) is 0 Å². The zero-order chi connectivity index (χ0) is 11.7. The average molecular weight is 271 g/mol. The van der Waals surface area contributed by atoms with Crippen LogP contribution in [0.3, 0.4) is 0 Å². The largest absolute Gasteiger partial charge is 0.280 e. The van der Waals surface area contributed by atoms with Gasteiger partial charge in [0.1, 0.15) is 0 Å². The molecule has 0 spiro atoms. The third-order valence-electron chi connectivity index (χ3n) is 2.02. The number of nitrogens with two attached hydrogens (primary N) is 1. The summed E-state index contributed by atoms with van der Waals surface area (Å²) in [5.74, 6) is 5.16. The number of benzene rings is 1. The minimum atomic E-state index is -0.296. The lowest BCUT2D eigenvalue weighted by atomic mass is 10.2. The Balaban J connectivity index is 2.37. The number of nitrogens with zero attached hydrogens (tertiary/aromatic N) is 1. The lowest BCUT2D eigenvalue weighted by Gasteiger charge is -2.03. The number of thiocarbonyl (C=S) groups is 1. The second-order valence-corrected chi connectivity index (χ2v) is 5.16. The minimum Gasteiger partial charge on any atom is -0.267 e. The van der Waals surface area contributed by atoms with Crippen LogP contribution in [-0.2, 0) is 4.79 Å². The van der Waals surface area contributed by atoms with Crippen molar-refractivity contribution in [1.82, 2.24) is 5.01 Å². The minimum absolute atomic E-state index is 0.296. The van der Waals surface area contributed by atoms with Crippen molar-refractivity contribution in [3.63, 3.8) is 0 Å². The van der Waals surface area contributed by atoms with Crippen molar-refractivity contribution in [3.8, 4) is 0 Å². The van der Waals surface area contributed by atoms with Gasteiger partial charge in [-0.2, -0.15) is 0 Å². The molecule has 0 atom stereocenters. The molecule has 1 fully saturated rings. The molecule has 16 heavy (non-hydrogen) atoms. The Labute approximate surface area is 107 Å². The summed E-state index contributed by atoms with van der Waals surface area (Å²) >= 11 is 12.1. The molecule has 0 bridgehead atoms. The summed E-state index contributed by atoms with van der Waals surface area (Å²) in [6.07, 6.45) is 1.69. The summed E-state index contributed by atoms with van der Waals surface area (Å²) in [4.78, 5) is 12.1. The van der Waals surface area contributed by atoms with Crippen LogP contribution in [0.5, 0.6) is 0 Å². The van der Waals surface area contributed by atoms with E-state index in [1.807, 2.05) is 18.2 Å². The smallest absolute Gasteiger partial charge is 0.267 e. The lowest BCUT2D eigenvalue weighted by Crippen LogP contribution is -2.34. The summed E-state index contributed by atoms with van der Waals surface area (Å²) in [6, 6.07) is 7.26. The summed E-state index contributed by atoms with van der Waals surface area (Å²) < 4.78 is 0.350. The van der Waals surface area contributed by atoms with Crippen LogP contribution in [0, 0.1) is 0 Å². The summed E-state index contributed by atoms with van der Waals surface area (Å²) in [5.41, 5.74) is 0.776. The van der Waals surface area contributed by atoms with Gasteiger partial charge in [-0.25, -0.2) is 10.9 Å². The second-order valence-electron chi connectivity index (χ2n) is 3.07. The predicted octanol–water partition coefficient (Wildman–Crippen LogP) is 2.41. The highest BCUT2D eigenvalue weighted by molar-refractivity contribution is 8.26. The van der Waals surface area contributed by atoms with Crippen LogP contribution >= 0.6 is 35.6 Å². The molecule has 1 aromatic rings. The Kier molecular flexibility index (Phi) is 3.30. The zero-order valence-electron chi connectivity index (χ0n) is 8.01. The van der Waals surface area contributed by atoms with E-state index in [4.69, 9.17) is 29.7 Å². The van der Waals surface area contributed by atoms with E-state index < -0.39 is 0 Å². The van der Waals surface area contributed by atoms with Crippen molar-refractivity contribution in [2.75, 3.05) is 0 Å². The van der Waals surface area contributed by atoms with Gasteiger partial charge in [-0.15, -0.1) is 0 Å². The van der Waals surface area contributed by atoms with Crippen LogP contribution in [0.15, 0.2) is 29.2 Å². The number of hydrazine groups is 1. The van der Waals surface area contributed by atoms with Crippen molar-refractivity contribution in [1.29, 1.82) is 0 Å². The van der Waals surface area contributed by atoms with Gasteiger partial charge in [0.05, 0.1) is 4.91 Å². The Hall–Kier alpha value is -0.880. The Bertz CT molecular complexity index is 501. The quantitative estimate of drug-likeness (QED) is 0.368. The second kappa shape index (κ2) is 4.55. The molecule has 0 saturated carbocycles. The van der Waals surface area contributed by atoms with Crippen LogP contribution in [0.2, 0.25) is 5.02 Å². The fourth-order valence-electron chi connectivity index (χ4n) is 1.21. The van der Waals surface area contributed by atoms with Crippen molar-refractivity contribution in [2.24, 2.45) is 5.84 Å². The fraction of sp³-hybridized carbons (Fsp3) is 0. The van der Waals surface area contributed by atoms with Crippen LogP contribution in [0.4, 0.5) is 0 Å². The highest BCUT2D eigenvalue weighted by Crippen LogP contribution is 2.31. The number of rotatable bonds is 1. The van der Waals surface area contributed by atoms with Gasteiger partial charge in [-0.3, -0.25) is 4.79 Å². The van der Waals surface area contributed by atoms with Crippen molar-refractivity contribution >= 4 is 51.9 Å². The van der Waals surface area contributed by atoms with E-state index in [0.717, 1.165) is 10.6 Å². The van der Waals surface area contributed by atoms with Gasteiger partial charge < -0.3 is 0 Å². The molecule has 0 unspecified atom stereocenters. The Morgan fingerprint density at radius 2 is 2.12 bits per heavy atom. The molecule has 1 aliphatic rings. The average Bonchev–Trinajstić information content (AvgIpc) is 2.50. The van der Waals surface area contributed by atoms with Crippen molar-refractivity contribution in [3.05, 3.63) is 39.8 Å². The normalized spacial score (nSPS) is 18.6. The molecule has 0 aromatic heterocycles. The summed E-state index contributed by atoms with van der Waals surface area (Å²) in [5, 5.41) is 1.55. The molecule has 1 amide bonds. The topological polar surface area (TPSA) is 46.3 Å². The number of thioether (sulfide) groups is 1. The number of carbonyl (C=O) groups excluding carboxylic acids is 1. The van der Waals surface area contributed by atoms with Gasteiger partial charge in [0, 0.05) is 5.02 Å². The van der Waals surface area contributed by atoms with Crippen molar-refractivity contribution < 1.29 is 4.79 Å². The number of halogens is 1. The van der Waals surface area contributed by atoms with E-state index in [0.29, 0.717) is 14.2 Å². The van der Waals surface area contributed by atoms with Crippen LogP contribution in [0.25, 0.3) is 6.08 Å². The standard InChI is InChI=1S/C10H7ClN2OS2/c11-7-4-2-1-3-6(7)5-8-9(14)13(12)10(15)16-8/h1-5H,12H2/b8-5+. The van der Waals surface area contributed by atoms with E-state index in [1.165, 1.54) is 11.8 Å². The Morgan fingerprint density at radius 1 is 1.44 bits per heavy atom. The first-order chi connectivity index (χ1) is 7.59. The van der Waals surface area contributed by atoms with Crippen LogP contribution in [0.1, 0.15) is 5.56 Å². The molecule has 2 N–H and O–H groups in total. The van der Waals surface area contributed by atoms with Crippen molar-refractivity contribution in [2.45, 2.75) is 0 Å². The van der Waals surface area contributed by atoms with Gasteiger partial charge in [-0.1, -0.05) is 53.8 Å². The fourth-order valence-corrected chi connectivity index (χ4v) is 2.50. The molecule has 1 aromatic carbocycles. The van der Waals surface area contributed by atoms with Gasteiger partial charge in [0.25, 0.3) is 5.91 Å². The molecule has 1 aliphatic heterocycles. The van der Waals surface area contributed by atoms with E-state index in [2.05, 4.69) is 0 Å². The third-order valence-corrected chi connectivity index (χ3v) is 3.69. The molecule has 3 nitrogen and oxygen atoms in total. The predicted molar refractivity (Wildman–Crippen MR) is 70.7 cm³/mol. The molecule has 82 valence electrons. The third kappa shape index (κ3) is 2.12. The lowest BCUT2D eigenvalue weighted by molar-refractivity contribution is -0.122. The van der Waals surface area contributed by atoms with Gasteiger partial charge in [-0.05, 0) is 17.7 Å². The SMILES string of the molecule is NN1C(=O)/C(=C\c2ccccc2Cl)SC1=S. The monoisotopic (exact) mass is 270 g/mol. The van der Waals surface area contributed by atoms with Crippen LogP contribution in [-0.4, -0.2) is 15.2 Å². The zero-order valence-corrected chi connectivity index (χ0v) is 10.4. The van der Waals surface area contributed by atoms with Gasteiger partial charge >= 0.3 is 0 Å². The summed E-state index contributed by atoms with van der Waals surface area (Å²) in [7, 11) is 0. The van der Waals surface area contributed by atoms with E-state index in [1.54, 1.807) is 12.1 Å². The van der Waals surface area contributed by atoms with E-state index >= 15 is 0 Å². The van der Waals surface area contributed by atoms with E-state index in [9.17, 15) is 4.79 Å². The van der Waals surface area contributed by atoms with E-state index in [-0.39, 0.29) is 5.91 Å². The number of amides is 1. The highest BCUT2D eigenvalue weighted by Gasteiger charge is 2.29. The highest BCUT2D eigenvalue weighted by atomic mass is 35.5. The van der Waals surface area contributed by atoms with Crippen LogP contribution < -0.4 is 5.84 Å². The molecular formula is C10H7ClN2OS2. The first-order valence-electron chi connectivity index (χ1n) is 4.37. The molecule has 1 heterocycles. The molecule has 0 aliphatic carbocycles. The number of carbonyl (C=O) groups is 1. The molecular weight excluding hydrogens is 264 g/mol. The Morgan fingerprint density at radius 3 is 2.69 bits per heavy atom. The maximum absolute atomic E-state index is 11.6. The first kappa shape index (κ1) is 11.6. The molecule has 6 heteroatoms. The summed E-state index contributed by atoms with van der Waals surface area (Å²) in [6.45, 7) is 0. The molecule has 1 saturated heterocycles. The molecule has 0 radical (unpaired) electrons. The number of hydrogen-bond acceptors (Lipinski definition) is 4.